The van der Waals surface area contributed by atoms with Crippen LogP contribution in [0.5, 0.6) is 0 Å². The smallest absolute Gasteiger partial charge is 0.284 e. The molecule has 144 valence electrons. The molecule has 0 saturated carbocycles. The second-order valence-corrected chi connectivity index (χ2v) is 6.70. The van der Waals surface area contributed by atoms with E-state index < -0.39 is 55.0 Å². The second-order valence-electron chi connectivity index (χ2n) is 6.70. The molecule has 0 saturated heterocycles. The number of benzene rings is 2. The third-order valence-electron chi connectivity index (χ3n) is 5.43. The van der Waals surface area contributed by atoms with Crippen molar-refractivity contribution in [1.82, 2.24) is 0 Å². The summed E-state index contributed by atoms with van der Waals surface area (Å²) in [6.45, 7) is 5.80. The summed E-state index contributed by atoms with van der Waals surface area (Å²) < 4.78 is 0. The number of carbonyl (C=O) groups is 2. The number of nitrogens with zero attached hydrogens (tertiary/aromatic N) is 2. The fraction of sp³-hybridized carbons (Fsp3) is 0.222. The lowest BCUT2D eigenvalue weighted by Gasteiger charge is -2.24. The standard InChI is InChI=1S/C18H16N4O6/c1-5-7(3)15(21(25)26)11-9(13(5)19)17(23)12-10(18(11)24)14(20)6(2)8(4)16(12)22(27)28/h19-20H2,1-4H3. The molecule has 0 bridgehead atoms. The van der Waals surface area contributed by atoms with E-state index in [-0.39, 0.29) is 33.6 Å². The molecule has 0 spiro atoms. The third-order valence-corrected chi connectivity index (χ3v) is 5.43. The van der Waals surface area contributed by atoms with Crippen molar-refractivity contribution in [2.24, 2.45) is 0 Å². The maximum Gasteiger partial charge on any atom is 0.284 e. The first-order valence-electron chi connectivity index (χ1n) is 8.16. The van der Waals surface area contributed by atoms with Crippen LogP contribution in [0.4, 0.5) is 22.7 Å². The molecule has 10 nitrogen and oxygen atoms in total. The van der Waals surface area contributed by atoms with E-state index in [9.17, 15) is 29.8 Å². The molecule has 1 aliphatic rings. The van der Waals surface area contributed by atoms with E-state index in [1.165, 1.54) is 27.7 Å². The van der Waals surface area contributed by atoms with Crippen LogP contribution in [0.1, 0.15) is 54.1 Å². The average Bonchev–Trinajstić information content (AvgIpc) is 2.60. The molecule has 0 atom stereocenters. The number of rotatable bonds is 2. The van der Waals surface area contributed by atoms with Gasteiger partial charge in [0.25, 0.3) is 11.4 Å². The number of nitro benzene ring substituents is 2. The number of hydrogen-bond acceptors (Lipinski definition) is 8. The van der Waals surface area contributed by atoms with Gasteiger partial charge in [-0.3, -0.25) is 29.8 Å². The van der Waals surface area contributed by atoms with Crippen molar-refractivity contribution < 1.29 is 19.4 Å². The van der Waals surface area contributed by atoms with Gasteiger partial charge in [-0.05, 0) is 38.8 Å². The number of nitro groups is 2. The number of ketones is 2. The largest absolute Gasteiger partial charge is 0.398 e. The van der Waals surface area contributed by atoms with Crippen LogP contribution in [0, 0.1) is 47.9 Å². The number of nitrogen functional groups attached to an aromatic ring is 2. The van der Waals surface area contributed by atoms with Crippen molar-refractivity contribution in [3.63, 3.8) is 0 Å². The predicted molar refractivity (Wildman–Crippen MR) is 101 cm³/mol. The van der Waals surface area contributed by atoms with Gasteiger partial charge >= 0.3 is 0 Å². The van der Waals surface area contributed by atoms with Crippen molar-refractivity contribution in [2.45, 2.75) is 27.7 Å². The van der Waals surface area contributed by atoms with Crippen LogP contribution in [0.2, 0.25) is 0 Å². The first-order valence-corrected chi connectivity index (χ1v) is 8.16. The van der Waals surface area contributed by atoms with Gasteiger partial charge in [0.2, 0.25) is 11.6 Å². The fourth-order valence-corrected chi connectivity index (χ4v) is 3.64. The van der Waals surface area contributed by atoms with Crippen molar-refractivity contribution in [1.29, 1.82) is 0 Å². The molecule has 4 N–H and O–H groups in total. The van der Waals surface area contributed by atoms with Crippen molar-refractivity contribution in [2.75, 3.05) is 11.5 Å². The van der Waals surface area contributed by atoms with Gasteiger partial charge in [0.1, 0.15) is 11.1 Å². The van der Waals surface area contributed by atoms with Gasteiger partial charge in [0.15, 0.2) is 0 Å². The summed E-state index contributed by atoms with van der Waals surface area (Å²) in [7, 11) is 0. The molecular weight excluding hydrogens is 368 g/mol. The highest BCUT2D eigenvalue weighted by Crippen LogP contribution is 2.46. The van der Waals surface area contributed by atoms with Crippen LogP contribution < -0.4 is 11.5 Å². The quantitative estimate of drug-likeness (QED) is 0.385. The lowest BCUT2D eigenvalue weighted by atomic mass is 9.77. The number of hydrogen-bond donors (Lipinski definition) is 2. The minimum absolute atomic E-state index is 0.117. The molecule has 0 amide bonds. The topological polar surface area (TPSA) is 172 Å². The lowest BCUT2D eigenvalue weighted by molar-refractivity contribution is -0.386. The van der Waals surface area contributed by atoms with E-state index in [0.717, 1.165) is 0 Å². The summed E-state index contributed by atoms with van der Waals surface area (Å²) in [6.07, 6.45) is 0. The van der Waals surface area contributed by atoms with Crippen LogP contribution in [0.3, 0.4) is 0 Å². The van der Waals surface area contributed by atoms with E-state index >= 15 is 0 Å². The van der Waals surface area contributed by atoms with Crippen LogP contribution in [0.15, 0.2) is 0 Å². The van der Waals surface area contributed by atoms with Crippen molar-refractivity contribution in [3.05, 3.63) is 64.7 Å². The molecule has 0 heterocycles. The Morgan fingerprint density at radius 3 is 1.14 bits per heavy atom. The first-order chi connectivity index (χ1) is 12.9. The molecule has 2 aromatic rings. The van der Waals surface area contributed by atoms with E-state index in [1.54, 1.807) is 0 Å². The predicted octanol–water partition coefficient (Wildman–Crippen LogP) is 2.68. The maximum atomic E-state index is 13.2. The molecule has 0 unspecified atom stereocenters. The zero-order chi connectivity index (χ0) is 21.2. The molecule has 10 heteroatoms. The van der Waals surface area contributed by atoms with Gasteiger partial charge in [-0.15, -0.1) is 0 Å². The highest BCUT2D eigenvalue weighted by atomic mass is 16.6. The molecule has 3 rings (SSSR count). The number of fused-ring (bicyclic) bond motifs is 2. The molecule has 2 aromatic carbocycles. The summed E-state index contributed by atoms with van der Waals surface area (Å²) >= 11 is 0. The van der Waals surface area contributed by atoms with E-state index in [4.69, 9.17) is 11.5 Å². The van der Waals surface area contributed by atoms with Crippen LogP contribution in [0.25, 0.3) is 0 Å². The number of anilines is 2. The molecule has 0 fully saturated rings. The maximum absolute atomic E-state index is 13.2. The van der Waals surface area contributed by atoms with Crippen LogP contribution in [-0.2, 0) is 0 Å². The Bertz CT molecular complexity index is 1070. The van der Waals surface area contributed by atoms with Crippen molar-refractivity contribution in [3.8, 4) is 0 Å². The van der Waals surface area contributed by atoms with Crippen LogP contribution >= 0.6 is 0 Å². The van der Waals surface area contributed by atoms with E-state index in [2.05, 4.69) is 0 Å². The van der Waals surface area contributed by atoms with Gasteiger partial charge in [-0.25, -0.2) is 0 Å². The zero-order valence-electron chi connectivity index (χ0n) is 15.5. The van der Waals surface area contributed by atoms with Gasteiger partial charge in [-0.1, -0.05) is 0 Å². The summed E-state index contributed by atoms with van der Waals surface area (Å²) in [6, 6.07) is 0. The van der Waals surface area contributed by atoms with Gasteiger partial charge in [0, 0.05) is 22.5 Å². The highest BCUT2D eigenvalue weighted by Gasteiger charge is 2.45. The summed E-state index contributed by atoms with van der Waals surface area (Å²) in [5.41, 5.74) is 9.76. The molecular formula is C18H16N4O6. The molecule has 0 aromatic heterocycles. The highest BCUT2D eigenvalue weighted by molar-refractivity contribution is 6.34. The minimum Gasteiger partial charge on any atom is -0.398 e. The first kappa shape index (κ1) is 19.0. The van der Waals surface area contributed by atoms with Gasteiger partial charge in [0.05, 0.1) is 21.0 Å². The Labute approximate surface area is 158 Å². The fourth-order valence-electron chi connectivity index (χ4n) is 3.64. The Kier molecular flexibility index (Phi) is 3.96. The van der Waals surface area contributed by atoms with Gasteiger partial charge < -0.3 is 11.5 Å². The second kappa shape index (κ2) is 5.84. The lowest BCUT2D eigenvalue weighted by Crippen LogP contribution is -2.28. The average molecular weight is 384 g/mol. The Morgan fingerprint density at radius 2 is 0.893 bits per heavy atom. The monoisotopic (exact) mass is 384 g/mol. The van der Waals surface area contributed by atoms with Crippen LogP contribution in [-0.4, -0.2) is 21.4 Å². The summed E-state index contributed by atoms with van der Waals surface area (Å²) in [5.74, 6) is -1.84. The minimum atomic E-state index is -0.921. The summed E-state index contributed by atoms with van der Waals surface area (Å²) in [4.78, 5) is 48.3. The Hall–Kier alpha value is -3.82. The molecule has 0 radical (unpaired) electrons. The summed E-state index contributed by atoms with van der Waals surface area (Å²) in [5, 5.41) is 23.3. The molecule has 0 aliphatic heterocycles. The molecule has 1 aliphatic carbocycles. The molecule has 28 heavy (non-hydrogen) atoms. The SMILES string of the molecule is Cc1c(C)c([N+](=O)[O-])c2c(c1N)C(=O)c1c(c(N)c(C)c(C)c1[N+](=O)[O-])C2=O. The number of nitrogens with two attached hydrogens (primary N) is 2. The third kappa shape index (κ3) is 2.14. The van der Waals surface area contributed by atoms with E-state index in [1.807, 2.05) is 0 Å². The van der Waals surface area contributed by atoms with Gasteiger partial charge in [-0.2, -0.15) is 0 Å². The normalized spacial score (nSPS) is 12.6. The van der Waals surface area contributed by atoms with Crippen molar-refractivity contribution >= 4 is 34.3 Å². The zero-order valence-corrected chi connectivity index (χ0v) is 15.5. The Morgan fingerprint density at radius 1 is 0.607 bits per heavy atom. The Balaban J connectivity index is 2.61. The number of carbonyl (C=O) groups excluding carboxylic acids is 2. The van der Waals surface area contributed by atoms with E-state index in [0.29, 0.717) is 0 Å².